The summed E-state index contributed by atoms with van der Waals surface area (Å²) in [6.45, 7) is 5.68. The first-order valence-electron chi connectivity index (χ1n) is 29.9. The van der Waals surface area contributed by atoms with Gasteiger partial charge in [-0.2, -0.15) is 0 Å². The van der Waals surface area contributed by atoms with Crippen LogP contribution >= 0.6 is 0 Å². The lowest BCUT2D eigenvalue weighted by atomic mass is 9.98. The normalized spacial score (nSPS) is 18.8. The smallest absolute Gasteiger partial charge is 0.335 e. The van der Waals surface area contributed by atoms with Gasteiger partial charge in [0.25, 0.3) is 0 Å². The van der Waals surface area contributed by atoms with Crippen LogP contribution in [-0.4, -0.2) is 89.2 Å². The molecule has 0 saturated carbocycles. The summed E-state index contributed by atoms with van der Waals surface area (Å²) >= 11 is 0. The fraction of sp³-hybridized carbons (Fsp3) is 0.662. The molecule has 1 aliphatic heterocycles. The van der Waals surface area contributed by atoms with E-state index in [9.17, 15) is 34.5 Å². The molecule has 3 N–H and O–H groups in total. The molecule has 12 nitrogen and oxygen atoms in total. The number of allylic oxidation sites excluding steroid dienone is 18. The third-order valence-electron chi connectivity index (χ3n) is 12.8. The Kier molecular flexibility index (Phi) is 47.6. The van der Waals surface area contributed by atoms with Gasteiger partial charge in [0.2, 0.25) is 0 Å². The minimum absolute atomic E-state index is 0.0303. The van der Waals surface area contributed by atoms with E-state index < -0.39 is 67.3 Å². The molecular formula is C65H104O12. The predicted molar refractivity (Wildman–Crippen MR) is 312 cm³/mol. The second kappa shape index (κ2) is 52.1. The van der Waals surface area contributed by atoms with Gasteiger partial charge < -0.3 is 39.0 Å². The minimum Gasteiger partial charge on any atom is -0.479 e. The molecule has 0 spiro atoms. The van der Waals surface area contributed by atoms with E-state index in [1.165, 1.54) is 38.5 Å². The standard InChI is InChI=1S/C65H104O12/c1-4-7-10-13-16-19-22-25-27-28-29-30-32-35-38-41-44-47-50-53-59(68)76-63-61(70)60(69)62(64(71)72)77-65(63)74-55-56(75-58(67)52-49-46-43-40-37-33-24-21-18-15-12-9-6-3)54-73-57(66)51-48-45-42-39-36-34-31-26-23-20-17-14-11-8-5-2/h7,9-10,12,16,18-19,21,25-27,29-31,33,37,43,46,56,60-63,65,69-70H,4-6,8,11,13-15,17,20,22-24,28,32,34-36,38-42,44-45,47-55H2,1-3H3,(H,71,72)/b10-7-,12-9-,19-16-,21-18-,27-25-,30-29-,31-26-,37-33-,46-43-. The first kappa shape index (κ1) is 70.4. The predicted octanol–water partition coefficient (Wildman–Crippen LogP) is 15.4. The fourth-order valence-corrected chi connectivity index (χ4v) is 8.31. The third kappa shape index (κ3) is 42.1. The molecule has 77 heavy (non-hydrogen) atoms. The van der Waals surface area contributed by atoms with Crippen LogP contribution in [0.25, 0.3) is 0 Å². The zero-order chi connectivity index (χ0) is 56.1. The van der Waals surface area contributed by atoms with Crippen molar-refractivity contribution in [1.82, 2.24) is 0 Å². The van der Waals surface area contributed by atoms with Crippen LogP contribution in [0.5, 0.6) is 0 Å². The van der Waals surface area contributed by atoms with Gasteiger partial charge in [0.15, 0.2) is 24.6 Å². The van der Waals surface area contributed by atoms with Crippen LogP contribution in [0.15, 0.2) is 109 Å². The first-order valence-corrected chi connectivity index (χ1v) is 29.9. The van der Waals surface area contributed by atoms with Crippen molar-refractivity contribution in [3.63, 3.8) is 0 Å². The van der Waals surface area contributed by atoms with Crippen molar-refractivity contribution in [2.24, 2.45) is 0 Å². The van der Waals surface area contributed by atoms with Gasteiger partial charge in [-0.25, -0.2) is 4.79 Å². The number of carboxylic acids is 1. The Hall–Kier alpha value is -4.62. The molecule has 6 unspecified atom stereocenters. The van der Waals surface area contributed by atoms with Crippen LogP contribution in [-0.2, 0) is 42.9 Å². The average molecular weight is 1080 g/mol. The van der Waals surface area contributed by atoms with Crippen LogP contribution in [0, 0.1) is 0 Å². The van der Waals surface area contributed by atoms with Crippen molar-refractivity contribution in [2.75, 3.05) is 13.2 Å². The second-order valence-corrected chi connectivity index (χ2v) is 19.9. The summed E-state index contributed by atoms with van der Waals surface area (Å²) in [4.78, 5) is 51.1. The Bertz CT molecular complexity index is 1750. The van der Waals surface area contributed by atoms with Crippen LogP contribution in [0.2, 0.25) is 0 Å². The summed E-state index contributed by atoms with van der Waals surface area (Å²) < 4.78 is 28.3. The first-order chi connectivity index (χ1) is 37.6. The highest BCUT2D eigenvalue weighted by Crippen LogP contribution is 2.26. The van der Waals surface area contributed by atoms with Crippen molar-refractivity contribution in [3.05, 3.63) is 109 Å². The Morgan fingerprint density at radius 1 is 0.442 bits per heavy atom. The quantitative estimate of drug-likeness (QED) is 0.0228. The molecule has 1 saturated heterocycles. The zero-order valence-corrected chi connectivity index (χ0v) is 47.9. The van der Waals surface area contributed by atoms with E-state index in [4.69, 9.17) is 23.7 Å². The van der Waals surface area contributed by atoms with Crippen LogP contribution in [0.1, 0.15) is 226 Å². The molecule has 0 aromatic heterocycles. The lowest BCUT2D eigenvalue weighted by Gasteiger charge is -2.40. The highest BCUT2D eigenvalue weighted by molar-refractivity contribution is 5.74. The van der Waals surface area contributed by atoms with E-state index >= 15 is 0 Å². The van der Waals surface area contributed by atoms with Crippen LogP contribution < -0.4 is 0 Å². The summed E-state index contributed by atoms with van der Waals surface area (Å²) in [5.41, 5.74) is 0. The third-order valence-corrected chi connectivity index (χ3v) is 12.8. The van der Waals surface area contributed by atoms with E-state index in [0.717, 1.165) is 122 Å². The van der Waals surface area contributed by atoms with Gasteiger partial charge in [-0.15, -0.1) is 0 Å². The molecule has 0 aromatic rings. The second-order valence-electron chi connectivity index (χ2n) is 19.9. The largest absolute Gasteiger partial charge is 0.479 e. The van der Waals surface area contributed by atoms with Gasteiger partial charge >= 0.3 is 23.9 Å². The van der Waals surface area contributed by atoms with Crippen molar-refractivity contribution >= 4 is 23.9 Å². The number of hydrogen-bond donors (Lipinski definition) is 3. The topological polar surface area (TPSA) is 175 Å². The van der Waals surface area contributed by atoms with Gasteiger partial charge in [-0.1, -0.05) is 207 Å². The number of unbranched alkanes of at least 4 members (excludes halogenated alkanes) is 17. The number of hydrogen-bond acceptors (Lipinski definition) is 11. The van der Waals surface area contributed by atoms with Crippen LogP contribution in [0.3, 0.4) is 0 Å². The summed E-state index contributed by atoms with van der Waals surface area (Å²) in [5.74, 6) is -3.27. The summed E-state index contributed by atoms with van der Waals surface area (Å²) in [7, 11) is 0. The molecule has 0 radical (unpaired) electrons. The van der Waals surface area contributed by atoms with E-state index in [-0.39, 0.29) is 25.9 Å². The number of carbonyl (C=O) groups excluding carboxylic acids is 3. The fourth-order valence-electron chi connectivity index (χ4n) is 8.31. The number of carboxylic acid groups (broad SMARTS) is 1. The average Bonchev–Trinajstić information content (AvgIpc) is 3.42. The maximum Gasteiger partial charge on any atom is 0.335 e. The summed E-state index contributed by atoms with van der Waals surface area (Å²) in [6, 6.07) is 0. The van der Waals surface area contributed by atoms with E-state index in [0.29, 0.717) is 25.7 Å². The number of aliphatic hydroxyl groups is 2. The number of aliphatic carboxylic acids is 1. The number of rotatable bonds is 49. The Balaban J connectivity index is 2.72. The Morgan fingerprint density at radius 3 is 1.31 bits per heavy atom. The molecule has 436 valence electrons. The molecule has 0 bridgehead atoms. The SMILES string of the molecule is CC/C=C\C/C=C\C/C=C\C/C=C\CCCCCCCCC(=O)OC1C(OCC(COC(=O)CCCCCCC/C=C\CCCCCCCC)OC(=O)CC/C=C\C/C=C\C/C=C\C/C=C\CC)OC(C(=O)O)C(O)C1O. The molecule has 6 atom stereocenters. The molecule has 1 rings (SSSR count). The van der Waals surface area contributed by atoms with Gasteiger partial charge in [-0.05, 0) is 109 Å². The number of esters is 3. The molecule has 0 aliphatic carbocycles. The minimum atomic E-state index is -1.92. The lowest BCUT2D eigenvalue weighted by Crippen LogP contribution is -2.61. The highest BCUT2D eigenvalue weighted by atomic mass is 16.7. The van der Waals surface area contributed by atoms with Crippen LogP contribution in [0.4, 0.5) is 0 Å². The maximum atomic E-state index is 13.1. The molecule has 1 fully saturated rings. The van der Waals surface area contributed by atoms with Crippen molar-refractivity contribution in [3.8, 4) is 0 Å². The molecule has 12 heteroatoms. The van der Waals surface area contributed by atoms with E-state index in [1.807, 2.05) is 12.2 Å². The Morgan fingerprint density at radius 2 is 0.844 bits per heavy atom. The molecule has 0 amide bonds. The van der Waals surface area contributed by atoms with Gasteiger partial charge in [0.1, 0.15) is 18.8 Å². The molecular weight excluding hydrogens is 973 g/mol. The summed E-state index contributed by atoms with van der Waals surface area (Å²) in [6.07, 6.45) is 57.9. The number of aliphatic hydroxyl groups excluding tert-OH is 2. The van der Waals surface area contributed by atoms with Gasteiger partial charge in [0.05, 0.1) is 6.61 Å². The summed E-state index contributed by atoms with van der Waals surface area (Å²) in [5, 5.41) is 31.5. The number of ether oxygens (including phenoxy) is 5. The Labute approximate surface area is 465 Å². The monoisotopic (exact) mass is 1080 g/mol. The van der Waals surface area contributed by atoms with E-state index in [2.05, 4.69) is 118 Å². The highest BCUT2D eigenvalue weighted by Gasteiger charge is 2.50. The van der Waals surface area contributed by atoms with E-state index in [1.54, 1.807) is 0 Å². The molecule has 1 aliphatic rings. The lowest BCUT2D eigenvalue weighted by molar-refractivity contribution is -0.301. The molecule has 0 aromatic carbocycles. The van der Waals surface area contributed by atoms with Gasteiger partial charge in [-0.3, -0.25) is 14.4 Å². The van der Waals surface area contributed by atoms with Crippen molar-refractivity contribution in [1.29, 1.82) is 0 Å². The van der Waals surface area contributed by atoms with Gasteiger partial charge in [0, 0.05) is 19.3 Å². The van der Waals surface area contributed by atoms with Crippen molar-refractivity contribution in [2.45, 2.75) is 263 Å². The number of carbonyl (C=O) groups is 4. The molecule has 1 heterocycles. The van der Waals surface area contributed by atoms with Crippen molar-refractivity contribution < 1.29 is 58.2 Å². The zero-order valence-electron chi connectivity index (χ0n) is 47.9. The maximum absolute atomic E-state index is 13.1.